The Labute approximate surface area is 109 Å². The van der Waals surface area contributed by atoms with E-state index in [-0.39, 0.29) is 11.3 Å². The summed E-state index contributed by atoms with van der Waals surface area (Å²) in [6, 6.07) is 3.14. The topological polar surface area (TPSA) is 74.5 Å². The Kier molecular flexibility index (Phi) is 3.09. The number of rotatable bonds is 2. The van der Waals surface area contributed by atoms with Crippen LogP contribution in [-0.4, -0.2) is 15.9 Å². The largest absolute Gasteiger partial charge is 0.506 e. The maximum absolute atomic E-state index is 11.8. The second kappa shape index (κ2) is 4.58. The van der Waals surface area contributed by atoms with E-state index in [1.165, 1.54) is 13.0 Å². The predicted octanol–water partition coefficient (Wildman–Crippen LogP) is 2.55. The molecule has 0 saturated carbocycles. The summed E-state index contributed by atoms with van der Waals surface area (Å²) in [6.07, 6.45) is 0.606. The van der Waals surface area contributed by atoms with Gasteiger partial charge in [-0.15, -0.1) is 0 Å². The van der Waals surface area contributed by atoms with E-state index >= 15 is 0 Å². The number of aromatic nitrogens is 1. The molecule has 19 heavy (non-hydrogen) atoms. The Hall–Kier alpha value is -2.61. The summed E-state index contributed by atoms with van der Waals surface area (Å²) in [7, 11) is 0. The minimum atomic E-state index is -0.609. The Morgan fingerprint density at radius 2 is 2.16 bits per heavy atom. The molecule has 96 valence electrons. The summed E-state index contributed by atoms with van der Waals surface area (Å²) in [6.45, 7) is 10.1. The molecule has 0 radical (unpaired) electrons. The van der Waals surface area contributed by atoms with E-state index in [0.717, 1.165) is 5.56 Å². The van der Waals surface area contributed by atoms with Gasteiger partial charge in [-0.3, -0.25) is 9.59 Å². The molecule has 5 nitrogen and oxygen atoms in total. The molecule has 2 aromatic rings. The zero-order chi connectivity index (χ0) is 14.2. The van der Waals surface area contributed by atoms with Crippen LogP contribution < -0.4 is 5.56 Å². The normalized spacial score (nSPS) is 10.4. The van der Waals surface area contributed by atoms with E-state index < -0.39 is 11.3 Å². The van der Waals surface area contributed by atoms with Gasteiger partial charge in [0.1, 0.15) is 11.3 Å². The molecular formula is C14H12N2O3. The third-order valence-corrected chi connectivity index (χ3v) is 3.02. The number of fused-ring (bicyclic) bond motifs is 1. The predicted molar refractivity (Wildman–Crippen MR) is 71.9 cm³/mol. The molecule has 0 unspecified atom stereocenters. The molecule has 0 aliphatic heterocycles. The van der Waals surface area contributed by atoms with Crippen LogP contribution in [0.5, 0.6) is 5.75 Å². The van der Waals surface area contributed by atoms with Crippen molar-refractivity contribution >= 4 is 22.4 Å². The van der Waals surface area contributed by atoms with Crippen LogP contribution in [0.4, 0.5) is 5.69 Å². The molecule has 0 saturated heterocycles. The van der Waals surface area contributed by atoms with E-state index in [0.29, 0.717) is 23.0 Å². The van der Waals surface area contributed by atoms with Crippen molar-refractivity contribution in [2.75, 3.05) is 0 Å². The molecule has 0 aliphatic carbocycles. The van der Waals surface area contributed by atoms with Gasteiger partial charge in [0.05, 0.1) is 12.1 Å². The van der Waals surface area contributed by atoms with Crippen LogP contribution in [0.15, 0.2) is 16.9 Å². The molecule has 0 bridgehead atoms. The second-order valence-electron chi connectivity index (χ2n) is 4.23. The zero-order valence-corrected chi connectivity index (χ0v) is 10.6. The van der Waals surface area contributed by atoms with Gasteiger partial charge in [0.15, 0.2) is 11.5 Å². The lowest BCUT2D eigenvalue weighted by molar-refractivity contribution is 0.101. The fourth-order valence-corrected chi connectivity index (χ4v) is 2.11. The molecule has 0 fully saturated rings. The number of Topliss-reactive ketones (excluding diaryl/α,β-unsaturated/α-hetero) is 1. The SMILES string of the molecule is [C-]#[N+]c1cc(CC)c2[nH]c(=O)c(C(C)=O)c(O)c2c1. The number of pyridine rings is 1. The van der Waals surface area contributed by atoms with Crippen molar-refractivity contribution in [3.8, 4) is 5.75 Å². The highest BCUT2D eigenvalue weighted by Crippen LogP contribution is 2.31. The number of H-pyrrole nitrogens is 1. The lowest BCUT2D eigenvalue weighted by atomic mass is 10.0. The van der Waals surface area contributed by atoms with Gasteiger partial charge in [0.2, 0.25) is 0 Å². The number of aromatic amines is 1. The van der Waals surface area contributed by atoms with Gasteiger partial charge in [0.25, 0.3) is 5.56 Å². The summed E-state index contributed by atoms with van der Waals surface area (Å²) in [5.74, 6) is -0.863. The minimum Gasteiger partial charge on any atom is -0.506 e. The molecule has 0 atom stereocenters. The van der Waals surface area contributed by atoms with E-state index in [1.807, 2.05) is 6.92 Å². The van der Waals surface area contributed by atoms with Gasteiger partial charge in [0, 0.05) is 5.39 Å². The standard InChI is InChI=1S/C14H12N2O3/c1-4-8-5-9(15-3)6-10-12(8)16-14(19)11(7(2)17)13(10)18/h5-6H,4H2,1-2H3,(H2,16,18,19). The molecule has 2 rings (SSSR count). The van der Waals surface area contributed by atoms with E-state index in [4.69, 9.17) is 6.57 Å². The number of aryl methyl sites for hydroxylation is 1. The van der Waals surface area contributed by atoms with Gasteiger partial charge in [-0.25, -0.2) is 4.85 Å². The van der Waals surface area contributed by atoms with Crippen LogP contribution in [-0.2, 0) is 6.42 Å². The molecular weight excluding hydrogens is 244 g/mol. The molecule has 0 spiro atoms. The quantitative estimate of drug-likeness (QED) is 0.640. The summed E-state index contributed by atoms with van der Waals surface area (Å²) < 4.78 is 0. The van der Waals surface area contributed by atoms with Gasteiger partial charge in [-0.1, -0.05) is 13.0 Å². The number of aromatic hydroxyl groups is 1. The molecule has 1 heterocycles. The first-order valence-corrected chi connectivity index (χ1v) is 5.79. The minimum absolute atomic E-state index is 0.267. The van der Waals surface area contributed by atoms with E-state index in [9.17, 15) is 14.7 Å². The molecule has 0 aliphatic rings. The van der Waals surface area contributed by atoms with Gasteiger partial charge >= 0.3 is 0 Å². The summed E-state index contributed by atoms with van der Waals surface area (Å²) >= 11 is 0. The van der Waals surface area contributed by atoms with E-state index in [1.54, 1.807) is 6.07 Å². The lowest BCUT2D eigenvalue weighted by Gasteiger charge is -2.09. The monoisotopic (exact) mass is 256 g/mol. The van der Waals surface area contributed by atoms with Crippen LogP contribution in [0.1, 0.15) is 29.8 Å². The fraction of sp³-hybridized carbons (Fsp3) is 0.214. The Balaban J connectivity index is 3.01. The number of carbonyl (C=O) groups is 1. The Morgan fingerprint density at radius 3 is 2.68 bits per heavy atom. The summed E-state index contributed by atoms with van der Waals surface area (Å²) in [4.78, 5) is 29.2. The first kappa shape index (κ1) is 12.8. The Morgan fingerprint density at radius 1 is 1.47 bits per heavy atom. The molecule has 1 aromatic carbocycles. The Bertz CT molecular complexity index is 782. The number of ketones is 1. The first-order chi connectivity index (χ1) is 8.99. The van der Waals surface area contributed by atoms with Crippen LogP contribution in [0.25, 0.3) is 15.7 Å². The maximum atomic E-state index is 11.8. The van der Waals surface area contributed by atoms with Crippen LogP contribution in [0, 0.1) is 6.57 Å². The third-order valence-electron chi connectivity index (χ3n) is 3.02. The van der Waals surface area contributed by atoms with Gasteiger partial charge in [-0.05, 0) is 25.0 Å². The van der Waals surface area contributed by atoms with E-state index in [2.05, 4.69) is 9.83 Å². The smallest absolute Gasteiger partial charge is 0.263 e. The highest BCUT2D eigenvalue weighted by Gasteiger charge is 2.17. The van der Waals surface area contributed by atoms with Crippen LogP contribution in [0.2, 0.25) is 0 Å². The number of carbonyl (C=O) groups excluding carboxylic acids is 1. The van der Waals surface area contributed by atoms with Crippen molar-refractivity contribution in [3.63, 3.8) is 0 Å². The summed E-state index contributed by atoms with van der Waals surface area (Å²) in [5.41, 5.74) is 0.717. The first-order valence-electron chi connectivity index (χ1n) is 5.79. The number of hydrogen-bond acceptors (Lipinski definition) is 3. The van der Waals surface area contributed by atoms with Crippen molar-refractivity contribution in [2.24, 2.45) is 0 Å². The van der Waals surface area contributed by atoms with Crippen molar-refractivity contribution in [1.82, 2.24) is 4.98 Å². The average Bonchev–Trinajstić information content (AvgIpc) is 2.37. The highest BCUT2D eigenvalue weighted by molar-refractivity contribution is 6.03. The van der Waals surface area contributed by atoms with Crippen molar-refractivity contribution in [2.45, 2.75) is 20.3 Å². The summed E-state index contributed by atoms with van der Waals surface area (Å²) in [5, 5.41) is 10.4. The number of nitrogens with zero attached hydrogens (tertiary/aromatic N) is 1. The van der Waals surface area contributed by atoms with Gasteiger partial charge < -0.3 is 10.1 Å². The third kappa shape index (κ3) is 1.97. The zero-order valence-electron chi connectivity index (χ0n) is 10.6. The van der Waals surface area contributed by atoms with Crippen molar-refractivity contribution < 1.29 is 9.90 Å². The second-order valence-corrected chi connectivity index (χ2v) is 4.23. The lowest BCUT2D eigenvalue weighted by Crippen LogP contribution is -2.16. The number of benzene rings is 1. The molecule has 0 amide bonds. The van der Waals surface area contributed by atoms with Crippen LogP contribution in [0.3, 0.4) is 0 Å². The van der Waals surface area contributed by atoms with Crippen LogP contribution >= 0.6 is 0 Å². The highest BCUT2D eigenvalue weighted by atomic mass is 16.3. The average molecular weight is 256 g/mol. The molecule has 2 N–H and O–H groups in total. The number of hydrogen-bond donors (Lipinski definition) is 2. The maximum Gasteiger partial charge on any atom is 0.263 e. The van der Waals surface area contributed by atoms with Crippen molar-refractivity contribution in [1.29, 1.82) is 0 Å². The molecule has 1 aromatic heterocycles. The molecule has 5 heteroatoms. The van der Waals surface area contributed by atoms with Gasteiger partial charge in [-0.2, -0.15) is 0 Å². The number of nitrogens with one attached hydrogen (secondary N) is 1. The fourth-order valence-electron chi connectivity index (χ4n) is 2.11. The van der Waals surface area contributed by atoms with Crippen molar-refractivity contribution in [3.05, 3.63) is 45.0 Å².